The van der Waals surface area contributed by atoms with Gasteiger partial charge in [0.25, 0.3) is 0 Å². The molecule has 0 aliphatic heterocycles. The van der Waals surface area contributed by atoms with Gasteiger partial charge < -0.3 is 9.90 Å². The highest BCUT2D eigenvalue weighted by Gasteiger charge is 2.25. The fourth-order valence-corrected chi connectivity index (χ4v) is 2.06. The summed E-state index contributed by atoms with van der Waals surface area (Å²) in [7, 11) is 0. The van der Waals surface area contributed by atoms with Crippen molar-refractivity contribution in [2.75, 3.05) is 0 Å². The highest BCUT2D eigenvalue weighted by molar-refractivity contribution is 6.67. The largest absolute Gasteiger partial charge is 0.481 e. The maximum Gasteiger partial charge on any atom is 0.389 e. The number of halogens is 6. The lowest BCUT2D eigenvalue weighted by Crippen LogP contribution is -2.06. The molecule has 0 saturated heterocycles. The molecule has 0 atom stereocenters. The first kappa shape index (κ1) is 26.0. The lowest BCUT2D eigenvalue weighted by Gasteiger charge is -2.08. The van der Waals surface area contributed by atoms with Gasteiger partial charge in [0.05, 0.1) is 0 Å². The molecular weight excluding hydrogens is 392 g/mol. The number of carboxylic acids is 1. The van der Waals surface area contributed by atoms with E-state index in [2.05, 4.69) is 0 Å². The molecule has 1 N–H and O–H groups in total. The van der Waals surface area contributed by atoms with Gasteiger partial charge in [-0.2, -0.15) is 13.2 Å². The topological polar surface area (TPSA) is 54.4 Å². The van der Waals surface area contributed by atoms with E-state index in [-0.39, 0.29) is 18.6 Å². The summed E-state index contributed by atoms with van der Waals surface area (Å²) in [4.78, 5) is 20.5. The summed E-state index contributed by atoms with van der Waals surface area (Å²) in [6, 6.07) is 0. The lowest BCUT2D eigenvalue weighted by atomic mass is 10.1. The zero-order valence-corrected chi connectivity index (χ0v) is 15.9. The van der Waals surface area contributed by atoms with Crippen molar-refractivity contribution < 1.29 is 27.9 Å². The third-order valence-electron chi connectivity index (χ3n) is 2.84. The molecule has 0 spiro atoms. The molecule has 0 aromatic rings. The third kappa shape index (κ3) is 29.8. The summed E-state index contributed by atoms with van der Waals surface area (Å²) >= 11 is 16.6. The van der Waals surface area contributed by atoms with Gasteiger partial charge in [-0.15, -0.1) is 0 Å². The summed E-state index contributed by atoms with van der Waals surface area (Å²) in [6.07, 6.45) is -0.371. The number of hydrogen-bond donors (Lipinski definition) is 1. The van der Waals surface area contributed by atoms with Gasteiger partial charge in [0.15, 0.2) is 3.79 Å². The molecule has 0 aromatic heterocycles. The van der Waals surface area contributed by atoms with Crippen molar-refractivity contribution >= 4 is 46.6 Å². The van der Waals surface area contributed by atoms with Crippen LogP contribution in [0.2, 0.25) is 0 Å². The Bertz CT molecular complexity index is 322. The molecule has 0 aliphatic carbocycles. The van der Waals surface area contributed by atoms with Gasteiger partial charge in [-0.1, -0.05) is 47.6 Å². The van der Waals surface area contributed by atoms with Gasteiger partial charge in [0.2, 0.25) is 0 Å². The smallest absolute Gasteiger partial charge is 0.389 e. The molecule has 0 aliphatic rings. The highest BCUT2D eigenvalue weighted by Crippen LogP contribution is 2.32. The minimum Gasteiger partial charge on any atom is -0.481 e. The second-order valence-corrected chi connectivity index (χ2v) is 7.96. The molecule has 144 valence electrons. The Morgan fingerprint density at radius 1 is 0.833 bits per heavy atom. The Balaban J connectivity index is 0. The van der Waals surface area contributed by atoms with Crippen molar-refractivity contribution in [3.63, 3.8) is 0 Å². The lowest BCUT2D eigenvalue weighted by molar-refractivity contribution is -0.137. The maximum absolute atomic E-state index is 11.5. The Hall–Kier alpha value is -0.200. The Labute approximate surface area is 155 Å². The quantitative estimate of drug-likeness (QED) is 0.328. The first-order valence-corrected chi connectivity index (χ1v) is 8.81. The molecule has 24 heavy (non-hydrogen) atoms. The van der Waals surface area contributed by atoms with Crippen molar-refractivity contribution in [2.24, 2.45) is 0 Å². The monoisotopic (exact) mass is 414 g/mol. The number of hydrogen-bond acceptors (Lipinski definition) is 2. The molecule has 0 amide bonds. The van der Waals surface area contributed by atoms with Crippen LogP contribution in [0.15, 0.2) is 0 Å². The molecule has 0 saturated carbocycles. The minimum absolute atomic E-state index is 0.0246. The first-order valence-electron chi connectivity index (χ1n) is 7.68. The van der Waals surface area contributed by atoms with Crippen LogP contribution in [-0.2, 0) is 9.59 Å². The number of carbonyl (C=O) groups is 2. The SMILES string of the molecule is CC(=O)CCCCCC(Cl)(Cl)Cl.O=C(O)CCCCCC(F)(F)F. The van der Waals surface area contributed by atoms with Crippen LogP contribution < -0.4 is 0 Å². The van der Waals surface area contributed by atoms with E-state index >= 15 is 0 Å². The van der Waals surface area contributed by atoms with Gasteiger partial charge in [0, 0.05) is 19.3 Å². The highest BCUT2D eigenvalue weighted by atomic mass is 35.6. The molecule has 0 radical (unpaired) electrons. The fraction of sp³-hybridized carbons (Fsp3) is 0.867. The Morgan fingerprint density at radius 2 is 1.29 bits per heavy atom. The van der Waals surface area contributed by atoms with Gasteiger partial charge in [0.1, 0.15) is 5.78 Å². The molecular formula is C15H24Cl3F3O3. The number of Topliss-reactive ketones (excluding diaryl/α,β-unsaturated/α-hetero) is 1. The van der Waals surface area contributed by atoms with Gasteiger partial charge in [-0.05, 0) is 39.0 Å². The summed E-state index contributed by atoms with van der Waals surface area (Å²) in [6.45, 7) is 1.59. The van der Waals surface area contributed by atoms with E-state index in [9.17, 15) is 22.8 Å². The second kappa shape index (κ2) is 14.0. The summed E-state index contributed by atoms with van der Waals surface area (Å²) in [5, 5.41) is 8.15. The van der Waals surface area contributed by atoms with Crippen LogP contribution >= 0.6 is 34.8 Å². The zero-order valence-electron chi connectivity index (χ0n) is 13.6. The summed E-state index contributed by atoms with van der Waals surface area (Å²) in [5.41, 5.74) is 0. The Morgan fingerprint density at radius 3 is 1.67 bits per heavy atom. The standard InChI is InChI=1S/C8H13Cl3O.C7H11F3O2/c1-7(12)5-3-2-4-6-8(9,10)11;8-7(9,10)5-3-1-2-4-6(11)12/h2-6H2,1H3;1-5H2,(H,11,12). The fourth-order valence-electron chi connectivity index (χ4n) is 1.65. The molecule has 0 bridgehead atoms. The van der Waals surface area contributed by atoms with Crippen LogP contribution in [0.5, 0.6) is 0 Å². The average Bonchev–Trinajstić information content (AvgIpc) is 2.35. The number of aliphatic carboxylic acids is 1. The molecule has 0 aromatic carbocycles. The number of alkyl halides is 6. The normalized spacial score (nSPS) is 11.6. The number of carbonyl (C=O) groups excluding carboxylic acids is 1. The predicted octanol–water partition coefficient (Wildman–Crippen LogP) is 6.48. The van der Waals surface area contributed by atoms with E-state index in [0.717, 1.165) is 19.3 Å². The van der Waals surface area contributed by atoms with Crippen LogP contribution in [0.1, 0.15) is 71.1 Å². The van der Waals surface area contributed by atoms with Crippen LogP contribution in [0, 0.1) is 0 Å². The van der Waals surface area contributed by atoms with Crippen molar-refractivity contribution in [2.45, 2.75) is 81.1 Å². The van der Waals surface area contributed by atoms with Crippen LogP contribution in [0.3, 0.4) is 0 Å². The van der Waals surface area contributed by atoms with Crippen LogP contribution in [-0.4, -0.2) is 26.8 Å². The maximum atomic E-state index is 11.5. The van der Waals surface area contributed by atoms with Crippen LogP contribution in [0.25, 0.3) is 0 Å². The molecule has 9 heteroatoms. The van der Waals surface area contributed by atoms with Gasteiger partial charge >= 0.3 is 12.1 Å². The van der Waals surface area contributed by atoms with E-state index < -0.39 is 22.4 Å². The molecule has 0 heterocycles. The first-order chi connectivity index (χ1) is 10.8. The molecule has 0 fully saturated rings. The third-order valence-corrected chi connectivity index (χ3v) is 3.41. The van der Waals surface area contributed by atoms with Crippen molar-refractivity contribution in [1.82, 2.24) is 0 Å². The predicted molar refractivity (Wildman–Crippen MR) is 90.8 cm³/mol. The minimum atomic E-state index is -4.11. The van der Waals surface area contributed by atoms with E-state index in [0.29, 0.717) is 25.7 Å². The molecule has 0 rings (SSSR count). The number of ketones is 1. The van der Waals surface area contributed by atoms with Crippen LogP contribution in [0.4, 0.5) is 13.2 Å². The molecule has 3 nitrogen and oxygen atoms in total. The van der Waals surface area contributed by atoms with E-state index in [1.54, 1.807) is 6.92 Å². The number of rotatable bonds is 10. The van der Waals surface area contributed by atoms with E-state index in [4.69, 9.17) is 39.9 Å². The van der Waals surface area contributed by atoms with Crippen molar-refractivity contribution in [3.8, 4) is 0 Å². The second-order valence-electron chi connectivity index (χ2n) is 5.45. The summed E-state index contributed by atoms with van der Waals surface area (Å²) in [5.74, 6) is -0.731. The van der Waals surface area contributed by atoms with Gasteiger partial charge in [-0.3, -0.25) is 4.79 Å². The average molecular weight is 416 g/mol. The number of carboxylic acid groups (broad SMARTS) is 1. The molecule has 0 unspecified atom stereocenters. The van der Waals surface area contributed by atoms with Gasteiger partial charge in [-0.25, -0.2) is 0 Å². The Kier molecular flexibility index (Phi) is 15.2. The number of unbranched alkanes of at least 4 members (excludes halogenated alkanes) is 4. The van der Waals surface area contributed by atoms with E-state index in [1.165, 1.54) is 0 Å². The van der Waals surface area contributed by atoms with Crippen molar-refractivity contribution in [1.29, 1.82) is 0 Å². The zero-order chi connectivity index (χ0) is 19.2. The van der Waals surface area contributed by atoms with E-state index in [1.807, 2.05) is 0 Å². The summed E-state index contributed by atoms with van der Waals surface area (Å²) < 4.78 is 33.4. The van der Waals surface area contributed by atoms with Crippen molar-refractivity contribution in [3.05, 3.63) is 0 Å².